The number of benzene rings is 1. The van der Waals surface area contributed by atoms with Crippen LogP contribution in [-0.4, -0.2) is 93.1 Å². The second-order valence-electron chi connectivity index (χ2n) is 19.3. The molecule has 65 heavy (non-hydrogen) atoms. The maximum atomic E-state index is 14.4. The number of amides is 1. The fraction of sp³-hybridized carbons (Fsp3) is 0.811. The van der Waals surface area contributed by atoms with Crippen molar-refractivity contribution in [3.63, 3.8) is 0 Å². The van der Waals surface area contributed by atoms with Crippen LogP contribution in [0.5, 0.6) is 0 Å². The Balaban J connectivity index is 3.13. The second-order valence-corrected chi connectivity index (χ2v) is 20.1. The van der Waals surface area contributed by atoms with E-state index in [1.54, 1.807) is 32.9 Å². The molecular formula is C53H92Cl2N2O8. The van der Waals surface area contributed by atoms with E-state index in [0.29, 0.717) is 49.7 Å². The summed E-state index contributed by atoms with van der Waals surface area (Å²) in [5.41, 5.74) is -2.61. The highest BCUT2D eigenvalue weighted by Gasteiger charge is 2.55. The summed E-state index contributed by atoms with van der Waals surface area (Å²) in [6, 6.07) is 5.68. The summed E-state index contributed by atoms with van der Waals surface area (Å²) in [4.78, 5) is 57.1. The molecule has 0 saturated carbocycles. The highest BCUT2D eigenvalue weighted by Crippen LogP contribution is 2.27. The number of ether oxygens (including phenoxy) is 1. The first-order valence-corrected chi connectivity index (χ1v) is 26.9. The van der Waals surface area contributed by atoms with Gasteiger partial charge in [0.1, 0.15) is 5.60 Å². The number of halogens is 2. The van der Waals surface area contributed by atoms with Gasteiger partial charge >= 0.3 is 6.09 Å². The van der Waals surface area contributed by atoms with Gasteiger partial charge in [0.2, 0.25) is 0 Å². The smallest absolute Gasteiger partial charge is 0.408 e. The lowest BCUT2D eigenvalue weighted by Gasteiger charge is -2.36. The van der Waals surface area contributed by atoms with Crippen LogP contribution in [0, 0.1) is 0 Å². The zero-order valence-electron chi connectivity index (χ0n) is 41.5. The van der Waals surface area contributed by atoms with E-state index in [9.17, 15) is 34.5 Å². The number of rotatable bonds is 42. The molecule has 0 aliphatic carbocycles. The fourth-order valence-corrected chi connectivity index (χ4v) is 8.80. The van der Waals surface area contributed by atoms with E-state index in [4.69, 9.17) is 27.9 Å². The van der Waals surface area contributed by atoms with Crippen LogP contribution in [0.4, 0.5) is 10.5 Å². The number of carbonyl (C=O) groups excluding carboxylic acids is 4. The number of Topliss-reactive ketones (excluding diaryl/α,β-unsaturated/α-hetero) is 3. The first-order chi connectivity index (χ1) is 31.2. The van der Waals surface area contributed by atoms with Gasteiger partial charge in [-0.05, 0) is 57.7 Å². The lowest BCUT2D eigenvalue weighted by Crippen LogP contribution is -2.65. The summed E-state index contributed by atoms with van der Waals surface area (Å²) in [7, 11) is 0. The number of hydrogen-bond acceptors (Lipinski definition) is 9. The summed E-state index contributed by atoms with van der Waals surface area (Å²) in [6.07, 6.45) is 22.2. The summed E-state index contributed by atoms with van der Waals surface area (Å²) < 4.78 is 5.45. The predicted octanol–water partition coefficient (Wildman–Crippen LogP) is 12.5. The van der Waals surface area contributed by atoms with Gasteiger partial charge in [-0.1, -0.05) is 180 Å². The zero-order valence-corrected chi connectivity index (χ0v) is 43.0. The van der Waals surface area contributed by atoms with E-state index < -0.39 is 52.9 Å². The number of anilines is 1. The van der Waals surface area contributed by atoms with Crippen molar-refractivity contribution in [3.05, 3.63) is 29.8 Å². The van der Waals surface area contributed by atoms with Gasteiger partial charge in [0.05, 0.1) is 6.04 Å². The number of aliphatic hydroxyl groups excluding tert-OH is 2. The van der Waals surface area contributed by atoms with Gasteiger partial charge in [-0.15, -0.1) is 23.2 Å². The second kappa shape index (κ2) is 36.8. The number of aliphatic hydroxyl groups is 3. The molecule has 1 aromatic carbocycles. The molecule has 0 radical (unpaired) electrons. The molecule has 1 aromatic rings. The first-order valence-electron chi connectivity index (χ1n) is 25.8. The first kappa shape index (κ1) is 60.8. The molecule has 0 aliphatic heterocycles. The third kappa shape index (κ3) is 26.8. The Kier molecular flexibility index (Phi) is 34.4. The summed E-state index contributed by atoms with van der Waals surface area (Å²) in [5, 5.41) is 38.0. The van der Waals surface area contributed by atoms with E-state index in [2.05, 4.69) is 19.2 Å². The molecule has 0 saturated heterocycles. The summed E-state index contributed by atoms with van der Waals surface area (Å²) in [5.74, 6) is -2.14. The van der Waals surface area contributed by atoms with Crippen molar-refractivity contribution in [1.29, 1.82) is 0 Å². The monoisotopic (exact) mass is 955 g/mol. The highest BCUT2D eigenvalue weighted by molar-refractivity contribution is 6.18. The van der Waals surface area contributed by atoms with Gasteiger partial charge in [-0.2, -0.15) is 0 Å². The van der Waals surface area contributed by atoms with Crippen LogP contribution in [0.1, 0.15) is 220 Å². The zero-order chi connectivity index (χ0) is 48.4. The van der Waals surface area contributed by atoms with Crippen molar-refractivity contribution in [3.8, 4) is 0 Å². The van der Waals surface area contributed by atoms with Crippen molar-refractivity contribution >= 4 is 52.3 Å². The van der Waals surface area contributed by atoms with E-state index in [1.807, 2.05) is 17.0 Å². The van der Waals surface area contributed by atoms with Crippen LogP contribution < -0.4 is 10.2 Å². The minimum Gasteiger partial charge on any atom is -0.444 e. The molecule has 12 heteroatoms. The molecule has 0 spiro atoms. The van der Waals surface area contributed by atoms with Crippen LogP contribution in [0.15, 0.2) is 24.3 Å². The highest BCUT2D eigenvalue weighted by atomic mass is 35.5. The topological polar surface area (TPSA) is 153 Å². The largest absolute Gasteiger partial charge is 0.444 e. The van der Waals surface area contributed by atoms with E-state index >= 15 is 0 Å². The standard InChI is InChI=1S/C53H92Cl2N2O8/c1-6-8-10-12-14-16-18-20-22-24-26-28-30-32-46(58)49(61)53(64,47(59)33-31-29-27-25-23-21-19-17-15-13-11-9-7-2)50(62)48(60)45(56-51(63)65-52(3,4)5)42-43-34-36-44(37-35-43)57(40-38-54)41-39-55/h34-37,45,49-50,61-62,64H,6-33,38-42H2,1-5H3,(H,56,63). The number of ketones is 3. The SMILES string of the molecule is CCCCCCCCCCCCCCCC(=O)C(O)C(O)(C(=O)CCCCCCCCCCCCCCC)C(O)C(=O)C(Cc1ccc(N(CCCl)CCCl)cc1)NC(=O)OC(C)(C)C. The van der Waals surface area contributed by atoms with E-state index in [-0.39, 0.29) is 19.3 Å². The molecule has 10 nitrogen and oxygen atoms in total. The number of nitrogens with zero attached hydrogens (tertiary/aromatic N) is 1. The lowest BCUT2D eigenvalue weighted by atomic mass is 9.77. The molecule has 0 fully saturated rings. The quantitative estimate of drug-likeness (QED) is 0.0370. The number of nitrogens with one attached hydrogen (secondary N) is 1. The number of carbonyl (C=O) groups is 4. The number of alkyl carbamates (subject to hydrolysis) is 1. The van der Waals surface area contributed by atoms with Crippen LogP contribution in [0.3, 0.4) is 0 Å². The Labute approximate surface area is 405 Å². The van der Waals surface area contributed by atoms with Gasteiger partial charge in [0.15, 0.2) is 35.2 Å². The van der Waals surface area contributed by atoms with Crippen molar-refractivity contribution in [1.82, 2.24) is 5.32 Å². The molecule has 1 rings (SSSR count). The maximum Gasteiger partial charge on any atom is 0.408 e. The van der Waals surface area contributed by atoms with Gasteiger partial charge in [0, 0.05) is 43.4 Å². The van der Waals surface area contributed by atoms with Crippen molar-refractivity contribution in [2.75, 3.05) is 29.7 Å². The van der Waals surface area contributed by atoms with Gasteiger partial charge in [-0.25, -0.2) is 4.79 Å². The van der Waals surface area contributed by atoms with E-state index in [1.165, 1.54) is 96.3 Å². The Morgan fingerprint density at radius 2 is 0.985 bits per heavy atom. The molecule has 0 bridgehead atoms. The summed E-state index contributed by atoms with van der Waals surface area (Å²) >= 11 is 12.0. The molecule has 4 atom stereocenters. The minimum absolute atomic E-state index is 0.120. The van der Waals surface area contributed by atoms with Crippen LogP contribution in [-0.2, 0) is 25.5 Å². The molecule has 376 valence electrons. The number of hydrogen-bond donors (Lipinski definition) is 4. The van der Waals surface area contributed by atoms with Crippen molar-refractivity contribution in [2.45, 2.75) is 250 Å². The Hall–Kier alpha value is -2.24. The van der Waals surface area contributed by atoms with Crippen LogP contribution in [0.2, 0.25) is 0 Å². The molecule has 0 heterocycles. The molecule has 4 unspecified atom stereocenters. The fourth-order valence-electron chi connectivity index (χ4n) is 8.39. The average molecular weight is 956 g/mol. The molecule has 0 aliphatic rings. The number of unbranched alkanes of at least 4 members (excludes halogenated alkanes) is 24. The maximum absolute atomic E-state index is 14.4. The normalized spacial score (nSPS) is 14.1. The molecule has 1 amide bonds. The minimum atomic E-state index is -3.12. The molecular weight excluding hydrogens is 863 g/mol. The summed E-state index contributed by atoms with van der Waals surface area (Å²) in [6.45, 7) is 10.6. The lowest BCUT2D eigenvalue weighted by molar-refractivity contribution is -0.182. The van der Waals surface area contributed by atoms with E-state index in [0.717, 1.165) is 57.1 Å². The Bertz CT molecular complexity index is 1400. The molecule has 0 aromatic heterocycles. The van der Waals surface area contributed by atoms with Gasteiger partial charge < -0.3 is 30.3 Å². The Morgan fingerprint density at radius 3 is 1.37 bits per heavy atom. The predicted molar refractivity (Wildman–Crippen MR) is 270 cm³/mol. The molecule has 4 N–H and O–H groups in total. The van der Waals surface area contributed by atoms with Crippen LogP contribution in [0.25, 0.3) is 0 Å². The van der Waals surface area contributed by atoms with Gasteiger partial charge in [0.25, 0.3) is 0 Å². The van der Waals surface area contributed by atoms with Crippen LogP contribution >= 0.6 is 23.2 Å². The Morgan fingerprint density at radius 1 is 0.600 bits per heavy atom. The van der Waals surface area contributed by atoms with Crippen molar-refractivity contribution in [2.24, 2.45) is 0 Å². The van der Waals surface area contributed by atoms with Gasteiger partial charge in [-0.3, -0.25) is 14.4 Å². The third-order valence-electron chi connectivity index (χ3n) is 12.4. The van der Waals surface area contributed by atoms with Crippen molar-refractivity contribution < 1.29 is 39.2 Å². The third-order valence-corrected chi connectivity index (χ3v) is 12.7. The number of alkyl halides is 2. The average Bonchev–Trinajstić information content (AvgIpc) is 3.27.